The molecule has 1 aromatic heterocycles. The molecule has 2 aromatic rings. The Kier molecular flexibility index (Phi) is 3.44. The summed E-state index contributed by atoms with van der Waals surface area (Å²) in [6.07, 6.45) is 0.770. The van der Waals surface area contributed by atoms with Crippen molar-refractivity contribution < 1.29 is 5.11 Å². The van der Waals surface area contributed by atoms with E-state index < -0.39 is 6.10 Å². The average molecular weight is 254 g/mol. The summed E-state index contributed by atoms with van der Waals surface area (Å²) < 4.78 is 0. The molecule has 2 rings (SSSR count). The molecule has 0 spiro atoms. The van der Waals surface area contributed by atoms with Gasteiger partial charge in [0.25, 0.3) is 0 Å². The van der Waals surface area contributed by atoms with Crippen molar-refractivity contribution in [3.63, 3.8) is 0 Å². The van der Waals surface area contributed by atoms with Crippen molar-refractivity contribution in [3.05, 3.63) is 63.9 Å². The Hall–Kier alpha value is -1.09. The van der Waals surface area contributed by atoms with Crippen LogP contribution in [0.2, 0.25) is 10.2 Å². The minimum Gasteiger partial charge on any atom is -0.384 e. The lowest BCUT2D eigenvalue weighted by atomic mass is 10.0. The molecular weight excluding hydrogens is 245 g/mol. The molecule has 2 nitrogen and oxygen atoms in total. The quantitative estimate of drug-likeness (QED) is 0.832. The van der Waals surface area contributed by atoms with E-state index in [4.69, 9.17) is 23.2 Å². The number of hydrogen-bond acceptors (Lipinski definition) is 2. The highest BCUT2D eigenvalue weighted by Crippen LogP contribution is 2.28. The second kappa shape index (κ2) is 4.83. The van der Waals surface area contributed by atoms with Crippen LogP contribution in [0.3, 0.4) is 0 Å². The number of halogens is 2. The molecule has 16 heavy (non-hydrogen) atoms. The summed E-state index contributed by atoms with van der Waals surface area (Å²) in [6.45, 7) is 0. The van der Waals surface area contributed by atoms with Crippen molar-refractivity contribution in [3.8, 4) is 0 Å². The smallest absolute Gasteiger partial charge is 0.129 e. The third kappa shape index (κ3) is 2.35. The van der Waals surface area contributed by atoms with E-state index in [-0.39, 0.29) is 0 Å². The number of rotatable bonds is 2. The highest BCUT2D eigenvalue weighted by Gasteiger charge is 2.13. The molecule has 0 bridgehead atoms. The molecule has 1 unspecified atom stereocenters. The molecular formula is C12H9Cl2NO. The molecule has 1 aromatic carbocycles. The van der Waals surface area contributed by atoms with Gasteiger partial charge in [0.05, 0.1) is 0 Å². The third-order valence-corrected chi connectivity index (χ3v) is 2.82. The molecule has 4 heteroatoms. The number of aliphatic hydroxyl groups is 1. The summed E-state index contributed by atoms with van der Waals surface area (Å²) in [5.41, 5.74) is 1.33. The Bertz CT molecular complexity index is 502. The van der Waals surface area contributed by atoms with Gasteiger partial charge in [0.15, 0.2) is 0 Å². The molecule has 0 saturated carbocycles. The maximum atomic E-state index is 10.1. The van der Waals surface area contributed by atoms with Gasteiger partial charge < -0.3 is 5.11 Å². The predicted molar refractivity (Wildman–Crippen MR) is 64.8 cm³/mol. The van der Waals surface area contributed by atoms with Crippen molar-refractivity contribution in [2.24, 2.45) is 0 Å². The van der Waals surface area contributed by atoms with Crippen LogP contribution in [0.1, 0.15) is 17.2 Å². The maximum absolute atomic E-state index is 10.1. The second-order valence-electron chi connectivity index (χ2n) is 3.34. The Morgan fingerprint density at radius 3 is 2.56 bits per heavy atom. The van der Waals surface area contributed by atoms with Crippen LogP contribution in [-0.2, 0) is 0 Å². The standard InChI is InChI=1S/C12H9Cl2NO/c13-10-4-2-1-3-9(10)12(16)8-5-6-15-11(14)7-8/h1-7,12,16H. The van der Waals surface area contributed by atoms with Gasteiger partial charge >= 0.3 is 0 Å². The van der Waals surface area contributed by atoms with E-state index in [1.54, 1.807) is 30.5 Å². The van der Waals surface area contributed by atoms with Gasteiger partial charge in [-0.05, 0) is 23.8 Å². The second-order valence-corrected chi connectivity index (χ2v) is 4.13. The number of aliphatic hydroxyl groups excluding tert-OH is 1. The summed E-state index contributed by atoms with van der Waals surface area (Å²) in [5.74, 6) is 0. The first kappa shape index (κ1) is 11.4. The van der Waals surface area contributed by atoms with Gasteiger partial charge in [-0.15, -0.1) is 0 Å². The molecule has 0 radical (unpaired) electrons. The number of hydrogen-bond donors (Lipinski definition) is 1. The summed E-state index contributed by atoms with van der Waals surface area (Å²) in [4.78, 5) is 3.86. The lowest BCUT2D eigenvalue weighted by Crippen LogP contribution is -2.00. The Balaban J connectivity index is 2.39. The van der Waals surface area contributed by atoms with Crippen LogP contribution < -0.4 is 0 Å². The Morgan fingerprint density at radius 2 is 1.88 bits per heavy atom. The van der Waals surface area contributed by atoms with E-state index in [2.05, 4.69) is 4.98 Å². The fourth-order valence-corrected chi connectivity index (χ4v) is 1.89. The fraction of sp³-hybridized carbons (Fsp3) is 0.0833. The highest BCUT2D eigenvalue weighted by molar-refractivity contribution is 6.31. The van der Waals surface area contributed by atoms with Crippen LogP contribution in [-0.4, -0.2) is 10.1 Å². The average Bonchev–Trinajstić information content (AvgIpc) is 2.29. The molecule has 1 heterocycles. The molecule has 0 aliphatic rings. The lowest BCUT2D eigenvalue weighted by Gasteiger charge is -2.12. The maximum Gasteiger partial charge on any atom is 0.129 e. The fourth-order valence-electron chi connectivity index (χ4n) is 1.46. The zero-order valence-electron chi connectivity index (χ0n) is 8.27. The van der Waals surface area contributed by atoms with Gasteiger partial charge in [-0.25, -0.2) is 4.98 Å². The van der Waals surface area contributed by atoms with Crippen molar-refractivity contribution in [1.29, 1.82) is 0 Å². The first-order chi connectivity index (χ1) is 7.68. The monoisotopic (exact) mass is 253 g/mol. The van der Waals surface area contributed by atoms with Crippen LogP contribution in [0.4, 0.5) is 0 Å². The molecule has 0 saturated heterocycles. The van der Waals surface area contributed by atoms with Gasteiger partial charge in [0.2, 0.25) is 0 Å². The van der Waals surface area contributed by atoms with E-state index in [9.17, 15) is 5.11 Å². The van der Waals surface area contributed by atoms with Gasteiger partial charge in [0, 0.05) is 16.8 Å². The Morgan fingerprint density at radius 1 is 1.12 bits per heavy atom. The first-order valence-electron chi connectivity index (χ1n) is 4.72. The Labute approximate surface area is 103 Å². The molecule has 0 fully saturated rings. The number of aromatic nitrogens is 1. The van der Waals surface area contributed by atoms with E-state index in [0.717, 1.165) is 0 Å². The summed E-state index contributed by atoms with van der Waals surface area (Å²) >= 11 is 11.8. The van der Waals surface area contributed by atoms with Gasteiger partial charge in [0.1, 0.15) is 11.3 Å². The first-order valence-corrected chi connectivity index (χ1v) is 5.48. The largest absolute Gasteiger partial charge is 0.384 e. The number of benzene rings is 1. The van der Waals surface area contributed by atoms with E-state index in [0.29, 0.717) is 21.3 Å². The minimum atomic E-state index is -0.783. The lowest BCUT2D eigenvalue weighted by molar-refractivity contribution is 0.220. The van der Waals surface area contributed by atoms with Crippen molar-refractivity contribution >= 4 is 23.2 Å². The van der Waals surface area contributed by atoms with Crippen LogP contribution in [0.15, 0.2) is 42.6 Å². The number of pyridine rings is 1. The molecule has 0 aliphatic heterocycles. The topological polar surface area (TPSA) is 33.1 Å². The van der Waals surface area contributed by atoms with Crippen molar-refractivity contribution in [2.45, 2.75) is 6.10 Å². The molecule has 1 atom stereocenters. The predicted octanol–water partition coefficient (Wildman–Crippen LogP) is 3.47. The zero-order valence-corrected chi connectivity index (χ0v) is 9.78. The highest BCUT2D eigenvalue weighted by atomic mass is 35.5. The summed E-state index contributed by atoms with van der Waals surface area (Å²) in [5, 5.41) is 11.0. The van der Waals surface area contributed by atoms with E-state index in [1.165, 1.54) is 0 Å². The van der Waals surface area contributed by atoms with Gasteiger partial charge in [-0.3, -0.25) is 0 Å². The van der Waals surface area contributed by atoms with Gasteiger partial charge in [-0.1, -0.05) is 41.4 Å². The normalized spacial score (nSPS) is 12.4. The number of nitrogens with zero attached hydrogens (tertiary/aromatic N) is 1. The van der Waals surface area contributed by atoms with Crippen LogP contribution in [0.5, 0.6) is 0 Å². The molecule has 0 amide bonds. The zero-order chi connectivity index (χ0) is 11.5. The van der Waals surface area contributed by atoms with E-state index >= 15 is 0 Å². The summed E-state index contributed by atoms with van der Waals surface area (Å²) in [6, 6.07) is 10.5. The van der Waals surface area contributed by atoms with E-state index in [1.807, 2.05) is 12.1 Å². The van der Waals surface area contributed by atoms with Gasteiger partial charge in [-0.2, -0.15) is 0 Å². The molecule has 0 aliphatic carbocycles. The van der Waals surface area contributed by atoms with Crippen LogP contribution in [0, 0.1) is 0 Å². The minimum absolute atomic E-state index is 0.351. The molecule has 1 N–H and O–H groups in total. The van der Waals surface area contributed by atoms with Crippen LogP contribution >= 0.6 is 23.2 Å². The summed E-state index contributed by atoms with van der Waals surface area (Å²) in [7, 11) is 0. The van der Waals surface area contributed by atoms with Crippen molar-refractivity contribution in [2.75, 3.05) is 0 Å². The molecule has 82 valence electrons. The van der Waals surface area contributed by atoms with Crippen molar-refractivity contribution in [1.82, 2.24) is 4.98 Å². The SMILES string of the molecule is OC(c1ccnc(Cl)c1)c1ccccc1Cl. The third-order valence-electron chi connectivity index (χ3n) is 2.27. The van der Waals surface area contributed by atoms with Crippen LogP contribution in [0.25, 0.3) is 0 Å².